The Bertz CT molecular complexity index is 406. The Labute approximate surface area is 263 Å². The summed E-state index contributed by atoms with van der Waals surface area (Å²) in [5.74, 6) is -2.76. The van der Waals surface area contributed by atoms with E-state index in [1.807, 2.05) is 0 Å². The molecule has 7 heteroatoms. The molecule has 0 aliphatic carbocycles. The fourth-order valence-electron chi connectivity index (χ4n) is 3.05. The maximum atomic E-state index is 10.8. The first-order valence-electron chi connectivity index (χ1n) is 10.9. The Morgan fingerprint density at radius 3 is 1.66 bits per heavy atom. The van der Waals surface area contributed by atoms with E-state index >= 15 is 0 Å². The van der Waals surface area contributed by atoms with E-state index in [-0.39, 0.29) is 103 Å². The molecule has 0 rings (SSSR count). The molecular weight excluding hydrogens is 420 g/mol. The Balaban J connectivity index is -0.00000338. The van der Waals surface area contributed by atoms with Gasteiger partial charge in [-0.25, -0.2) is 0 Å². The van der Waals surface area contributed by atoms with Crippen molar-refractivity contribution in [1.82, 2.24) is 5.32 Å². The summed E-state index contributed by atoms with van der Waals surface area (Å²) < 4.78 is 0. The molecule has 0 amide bonds. The van der Waals surface area contributed by atoms with E-state index in [1.165, 1.54) is 64.2 Å². The van der Waals surface area contributed by atoms with Crippen molar-refractivity contribution in [2.75, 3.05) is 6.54 Å². The van der Waals surface area contributed by atoms with Crippen LogP contribution in [0.25, 0.3) is 0 Å². The van der Waals surface area contributed by atoms with Gasteiger partial charge < -0.3 is 25.1 Å². The van der Waals surface area contributed by atoms with Crippen molar-refractivity contribution in [3.63, 3.8) is 0 Å². The third-order valence-electron chi connectivity index (χ3n) is 4.73. The molecule has 0 radical (unpaired) electrons. The van der Waals surface area contributed by atoms with Gasteiger partial charge in [0.05, 0.1) is 12.0 Å². The molecule has 1 atom stereocenters. The Morgan fingerprint density at radius 2 is 1.21 bits per heavy atom. The first-order chi connectivity index (χ1) is 13.1. The summed E-state index contributed by atoms with van der Waals surface area (Å²) >= 11 is 0. The van der Waals surface area contributed by atoms with E-state index in [1.54, 1.807) is 0 Å². The van der Waals surface area contributed by atoms with Crippen LogP contribution in [0, 0.1) is 0 Å². The van der Waals surface area contributed by atoms with Crippen molar-refractivity contribution in [2.45, 2.75) is 109 Å². The van der Waals surface area contributed by atoms with Gasteiger partial charge in [-0.15, -0.1) is 0 Å². The van der Waals surface area contributed by atoms with Crippen LogP contribution in [-0.4, -0.2) is 24.5 Å². The van der Waals surface area contributed by atoms with Crippen LogP contribution in [0.1, 0.15) is 103 Å². The zero-order chi connectivity index (χ0) is 20.2. The number of nitrogens with one attached hydrogen (secondary N) is 1. The molecule has 0 aromatic rings. The Kier molecular flexibility index (Phi) is 34.2. The van der Waals surface area contributed by atoms with Gasteiger partial charge in [0.2, 0.25) is 0 Å². The first kappa shape index (κ1) is 35.5. The number of hydrogen-bond donors (Lipinski definition) is 1. The molecule has 0 spiro atoms. The van der Waals surface area contributed by atoms with E-state index in [9.17, 15) is 19.8 Å². The molecule has 0 aromatic heterocycles. The molecule has 0 saturated heterocycles. The molecule has 0 aliphatic heterocycles. The van der Waals surface area contributed by atoms with Crippen molar-refractivity contribution in [3.05, 3.63) is 12.2 Å². The van der Waals surface area contributed by atoms with Gasteiger partial charge in [-0.2, -0.15) is 0 Å². The van der Waals surface area contributed by atoms with Crippen LogP contribution >= 0.6 is 0 Å². The average Bonchev–Trinajstić information content (AvgIpc) is 2.62. The average molecular weight is 460 g/mol. The number of carboxylic acids is 2. The van der Waals surface area contributed by atoms with Gasteiger partial charge in [0.15, 0.2) is 0 Å². The number of aliphatic carboxylic acids is 2. The number of carbonyl (C=O) groups is 2. The summed E-state index contributed by atoms with van der Waals surface area (Å²) in [6, 6.07) is -1.15. The topological polar surface area (TPSA) is 92.3 Å². The van der Waals surface area contributed by atoms with Gasteiger partial charge in [-0.05, 0) is 38.6 Å². The van der Waals surface area contributed by atoms with Crippen LogP contribution < -0.4 is 118 Å². The summed E-state index contributed by atoms with van der Waals surface area (Å²) in [4.78, 5) is 21.2. The van der Waals surface area contributed by atoms with E-state index in [0.29, 0.717) is 6.54 Å². The fourth-order valence-corrected chi connectivity index (χ4v) is 3.05. The normalized spacial score (nSPS) is 11.6. The number of unbranched alkanes of at least 4 members (excludes halogenated alkanes) is 12. The minimum absolute atomic E-state index is 0. The zero-order valence-corrected chi connectivity index (χ0v) is 25.4. The quantitative estimate of drug-likeness (QED) is 0.118. The van der Waals surface area contributed by atoms with Crippen molar-refractivity contribution in [1.29, 1.82) is 0 Å². The molecule has 0 aromatic carbocycles. The first-order valence-corrected chi connectivity index (χ1v) is 10.9. The van der Waals surface area contributed by atoms with Crippen molar-refractivity contribution >= 4 is 11.9 Å². The summed E-state index contributed by atoms with van der Waals surface area (Å²) in [6.45, 7) is 2.74. The number of rotatable bonds is 20. The van der Waals surface area contributed by atoms with E-state index < -0.39 is 24.4 Å². The molecule has 0 bridgehead atoms. The van der Waals surface area contributed by atoms with E-state index in [4.69, 9.17) is 0 Å². The van der Waals surface area contributed by atoms with Gasteiger partial charge >= 0.3 is 103 Å². The van der Waals surface area contributed by atoms with E-state index in [2.05, 4.69) is 24.4 Å². The van der Waals surface area contributed by atoms with Gasteiger partial charge in [0.1, 0.15) is 0 Å². The molecule has 0 aliphatic rings. The number of hydrogen-bond acceptors (Lipinski definition) is 5. The second-order valence-corrected chi connectivity index (χ2v) is 7.34. The van der Waals surface area contributed by atoms with Crippen LogP contribution in [0.15, 0.2) is 12.2 Å². The van der Waals surface area contributed by atoms with Gasteiger partial charge in [-0.1, -0.05) is 76.9 Å². The number of carbonyl (C=O) groups excluding carboxylic acids is 2. The molecule has 29 heavy (non-hydrogen) atoms. The monoisotopic (exact) mass is 459 g/mol. The molecule has 0 saturated carbocycles. The zero-order valence-electron chi connectivity index (χ0n) is 19.2. The predicted molar refractivity (Wildman–Crippen MR) is 106 cm³/mol. The third kappa shape index (κ3) is 27.9. The minimum atomic E-state index is -1.39. The molecule has 0 fully saturated rings. The summed E-state index contributed by atoms with van der Waals surface area (Å²) in [5, 5.41) is 23.9. The molecular formula is C22H39K2NO4. The molecule has 0 heterocycles. The predicted octanol–water partition coefficient (Wildman–Crippen LogP) is -3.12. The molecule has 1 N–H and O–H groups in total. The van der Waals surface area contributed by atoms with Crippen LogP contribution in [-0.2, 0) is 9.59 Å². The van der Waals surface area contributed by atoms with Gasteiger partial charge in [0, 0.05) is 12.4 Å². The largest absolute Gasteiger partial charge is 1.00 e. The van der Waals surface area contributed by atoms with Crippen molar-refractivity contribution in [3.8, 4) is 0 Å². The minimum Gasteiger partial charge on any atom is -0.550 e. The van der Waals surface area contributed by atoms with E-state index in [0.717, 1.165) is 25.7 Å². The fraction of sp³-hybridized carbons (Fsp3) is 0.818. The SMILES string of the molecule is CCCCCCCC/C=C\CCCCCCCCN[C@@H](CC(=O)[O-])C(=O)[O-].[K+].[K+]. The van der Waals surface area contributed by atoms with Crippen molar-refractivity contribution in [2.24, 2.45) is 0 Å². The second-order valence-electron chi connectivity index (χ2n) is 7.34. The number of allylic oxidation sites excluding steroid dienone is 2. The maximum Gasteiger partial charge on any atom is 1.00 e. The molecule has 5 nitrogen and oxygen atoms in total. The summed E-state index contributed by atoms with van der Waals surface area (Å²) in [7, 11) is 0. The maximum absolute atomic E-state index is 10.8. The molecule has 0 unspecified atom stereocenters. The standard InChI is InChI=1S/C22H41NO4.2K/c1-2-3-4-5-6-7-8-9-10-11-12-13-14-15-16-17-18-23-20(22(26)27)19-21(24)25;;/h9-10,20,23H,2-8,11-19H2,1H3,(H,24,25)(H,26,27);;/q;2*+1/p-2/b10-9-;;/t20-;;/m0../s1. The van der Waals surface area contributed by atoms with Crippen LogP contribution in [0.4, 0.5) is 0 Å². The van der Waals surface area contributed by atoms with Crippen molar-refractivity contribution < 1.29 is 123 Å². The third-order valence-corrected chi connectivity index (χ3v) is 4.73. The Morgan fingerprint density at radius 1 is 0.759 bits per heavy atom. The van der Waals surface area contributed by atoms with Crippen LogP contribution in [0.5, 0.6) is 0 Å². The smallest absolute Gasteiger partial charge is 0.550 e. The van der Waals surface area contributed by atoms with Crippen LogP contribution in [0.3, 0.4) is 0 Å². The van der Waals surface area contributed by atoms with Gasteiger partial charge in [-0.3, -0.25) is 0 Å². The summed E-state index contributed by atoms with van der Waals surface area (Å²) in [5.41, 5.74) is 0. The van der Waals surface area contributed by atoms with Crippen LogP contribution in [0.2, 0.25) is 0 Å². The number of carboxylic acid groups (broad SMARTS) is 2. The second kappa shape index (κ2) is 27.9. The van der Waals surface area contributed by atoms with Gasteiger partial charge in [0.25, 0.3) is 0 Å². The molecule has 158 valence electrons. The summed E-state index contributed by atoms with van der Waals surface area (Å²) in [6.07, 6.45) is 21.2. The Hall–Kier alpha value is 1.91.